The lowest BCUT2D eigenvalue weighted by Gasteiger charge is -2.23. The van der Waals surface area contributed by atoms with Gasteiger partial charge in [-0.15, -0.1) is 0 Å². The first-order valence-electron chi connectivity index (χ1n) is 7.71. The van der Waals surface area contributed by atoms with Crippen molar-refractivity contribution in [2.24, 2.45) is 5.92 Å². The molecule has 2 aromatic heterocycles. The molecule has 2 fully saturated rings. The average molecular weight is 300 g/mol. The third-order valence-corrected chi connectivity index (χ3v) is 4.74. The van der Waals surface area contributed by atoms with E-state index in [0.29, 0.717) is 23.2 Å². The van der Waals surface area contributed by atoms with Crippen LogP contribution in [0.3, 0.4) is 0 Å². The van der Waals surface area contributed by atoms with E-state index in [0.717, 1.165) is 24.2 Å². The number of hydrogen-bond acceptors (Lipinski definition) is 5. The maximum Gasteiger partial charge on any atom is 0.270 e. The molecule has 116 valence electrons. The molecular weight excluding hydrogens is 280 g/mol. The van der Waals surface area contributed by atoms with Crippen LogP contribution in [0.1, 0.15) is 23.3 Å². The SMILES string of the molecule is CN(C)c1cc2cnc(C(=O)NC3CC4CC3CN4)cc2o1. The van der Waals surface area contributed by atoms with Crippen LogP contribution in [0.15, 0.2) is 22.7 Å². The van der Waals surface area contributed by atoms with Crippen LogP contribution in [-0.4, -0.2) is 43.6 Å². The van der Waals surface area contributed by atoms with Crippen molar-refractivity contribution >= 4 is 22.8 Å². The second kappa shape index (κ2) is 4.98. The number of nitrogens with one attached hydrogen (secondary N) is 2. The highest BCUT2D eigenvalue weighted by Crippen LogP contribution is 2.31. The zero-order chi connectivity index (χ0) is 15.3. The van der Waals surface area contributed by atoms with Crippen molar-refractivity contribution in [3.8, 4) is 0 Å². The van der Waals surface area contributed by atoms with Gasteiger partial charge in [-0.05, 0) is 18.8 Å². The van der Waals surface area contributed by atoms with Gasteiger partial charge in [0, 0.05) is 56.4 Å². The minimum atomic E-state index is -0.109. The number of hydrogen-bond donors (Lipinski definition) is 2. The molecule has 3 unspecified atom stereocenters. The summed E-state index contributed by atoms with van der Waals surface area (Å²) in [7, 11) is 3.84. The van der Waals surface area contributed by atoms with Crippen LogP contribution >= 0.6 is 0 Å². The van der Waals surface area contributed by atoms with Crippen LogP contribution in [-0.2, 0) is 0 Å². The van der Waals surface area contributed by atoms with Gasteiger partial charge in [-0.1, -0.05) is 0 Å². The van der Waals surface area contributed by atoms with E-state index in [4.69, 9.17) is 4.42 Å². The molecule has 3 heterocycles. The van der Waals surface area contributed by atoms with Gasteiger partial charge in [-0.3, -0.25) is 9.78 Å². The molecule has 2 N–H and O–H groups in total. The molecule has 1 amide bonds. The fourth-order valence-electron chi connectivity index (χ4n) is 3.52. The minimum Gasteiger partial charge on any atom is -0.440 e. The highest BCUT2D eigenvalue weighted by atomic mass is 16.4. The molecule has 2 aromatic rings. The molecule has 4 rings (SSSR count). The van der Waals surface area contributed by atoms with Gasteiger partial charge in [0.25, 0.3) is 5.91 Å². The van der Waals surface area contributed by atoms with Gasteiger partial charge in [-0.25, -0.2) is 0 Å². The summed E-state index contributed by atoms with van der Waals surface area (Å²) in [6, 6.07) is 4.48. The summed E-state index contributed by atoms with van der Waals surface area (Å²) in [6.07, 6.45) is 3.88. The Kier molecular flexibility index (Phi) is 3.07. The van der Waals surface area contributed by atoms with Crippen molar-refractivity contribution in [3.63, 3.8) is 0 Å². The average Bonchev–Trinajstić information content (AvgIpc) is 3.20. The smallest absolute Gasteiger partial charge is 0.270 e. The molecule has 2 bridgehead atoms. The normalized spacial score (nSPS) is 26.5. The lowest BCUT2D eigenvalue weighted by molar-refractivity contribution is 0.0920. The lowest BCUT2D eigenvalue weighted by atomic mass is 10.0. The number of carbonyl (C=O) groups is 1. The molecule has 22 heavy (non-hydrogen) atoms. The first kappa shape index (κ1) is 13.6. The highest BCUT2D eigenvalue weighted by Gasteiger charge is 2.40. The Bertz CT molecular complexity index is 724. The van der Waals surface area contributed by atoms with E-state index in [-0.39, 0.29) is 11.9 Å². The van der Waals surface area contributed by atoms with Gasteiger partial charge in [0.2, 0.25) is 0 Å². The van der Waals surface area contributed by atoms with Gasteiger partial charge in [0.05, 0.1) is 0 Å². The number of fused-ring (bicyclic) bond motifs is 3. The zero-order valence-electron chi connectivity index (χ0n) is 12.8. The van der Waals surface area contributed by atoms with Gasteiger partial charge >= 0.3 is 0 Å². The Morgan fingerprint density at radius 2 is 2.27 bits per heavy atom. The number of aromatic nitrogens is 1. The van der Waals surface area contributed by atoms with E-state index in [2.05, 4.69) is 15.6 Å². The standard InChI is InChI=1S/C16H20N4O2/c1-20(2)15-4-10-8-18-13(6-14(10)22-15)16(21)19-12-5-11-3-9(12)7-17-11/h4,6,8-9,11-12,17H,3,5,7H2,1-2H3,(H,19,21). The van der Waals surface area contributed by atoms with Gasteiger partial charge in [0.15, 0.2) is 5.88 Å². The summed E-state index contributed by atoms with van der Waals surface area (Å²) in [6.45, 7) is 1.01. The first-order valence-corrected chi connectivity index (χ1v) is 7.71. The summed E-state index contributed by atoms with van der Waals surface area (Å²) >= 11 is 0. The number of pyridine rings is 1. The predicted octanol–water partition coefficient (Wildman–Crippen LogP) is 1.37. The number of anilines is 1. The molecule has 2 aliphatic rings. The molecule has 0 aromatic carbocycles. The van der Waals surface area contributed by atoms with E-state index in [1.165, 1.54) is 6.42 Å². The maximum atomic E-state index is 12.4. The highest BCUT2D eigenvalue weighted by molar-refractivity contribution is 5.95. The van der Waals surface area contributed by atoms with E-state index in [9.17, 15) is 4.79 Å². The molecule has 6 nitrogen and oxygen atoms in total. The van der Waals surface area contributed by atoms with Crippen LogP contribution in [0.5, 0.6) is 0 Å². The van der Waals surface area contributed by atoms with Crippen molar-refractivity contribution in [2.75, 3.05) is 25.5 Å². The minimum absolute atomic E-state index is 0.109. The quantitative estimate of drug-likeness (QED) is 0.896. The van der Waals surface area contributed by atoms with E-state index in [1.807, 2.05) is 25.1 Å². The summed E-state index contributed by atoms with van der Waals surface area (Å²) in [4.78, 5) is 18.6. The topological polar surface area (TPSA) is 70.4 Å². The number of carbonyl (C=O) groups excluding carboxylic acids is 1. The van der Waals surface area contributed by atoms with Gasteiger partial charge in [-0.2, -0.15) is 0 Å². The van der Waals surface area contributed by atoms with Crippen molar-refractivity contribution < 1.29 is 9.21 Å². The van der Waals surface area contributed by atoms with Crippen LogP contribution < -0.4 is 15.5 Å². The molecule has 1 saturated heterocycles. The molecule has 6 heteroatoms. The number of amides is 1. The van der Waals surface area contributed by atoms with E-state index >= 15 is 0 Å². The van der Waals surface area contributed by atoms with Crippen molar-refractivity contribution in [1.82, 2.24) is 15.6 Å². The largest absolute Gasteiger partial charge is 0.440 e. The molecular formula is C16H20N4O2. The number of rotatable bonds is 3. The number of piperidine rings is 1. The Hall–Kier alpha value is -2.08. The third kappa shape index (κ3) is 2.23. The van der Waals surface area contributed by atoms with E-state index in [1.54, 1.807) is 12.3 Å². The zero-order valence-corrected chi connectivity index (χ0v) is 12.8. The Balaban J connectivity index is 1.54. The maximum absolute atomic E-state index is 12.4. The lowest BCUT2D eigenvalue weighted by Crippen LogP contribution is -2.44. The fourth-order valence-corrected chi connectivity index (χ4v) is 3.52. The van der Waals surface area contributed by atoms with Gasteiger partial charge in [0.1, 0.15) is 11.3 Å². The Morgan fingerprint density at radius 3 is 2.95 bits per heavy atom. The van der Waals surface area contributed by atoms with Gasteiger partial charge < -0.3 is 20.0 Å². The molecule has 1 aliphatic heterocycles. The Morgan fingerprint density at radius 1 is 1.41 bits per heavy atom. The third-order valence-electron chi connectivity index (χ3n) is 4.74. The summed E-state index contributed by atoms with van der Waals surface area (Å²) in [5.74, 6) is 1.21. The fraction of sp³-hybridized carbons (Fsp3) is 0.500. The summed E-state index contributed by atoms with van der Waals surface area (Å²) < 4.78 is 5.74. The van der Waals surface area contributed by atoms with Crippen molar-refractivity contribution in [3.05, 3.63) is 24.0 Å². The molecule has 0 spiro atoms. The Labute approximate surface area is 128 Å². The predicted molar refractivity (Wildman–Crippen MR) is 84.1 cm³/mol. The second-order valence-electron chi connectivity index (χ2n) is 6.50. The van der Waals surface area contributed by atoms with Crippen LogP contribution in [0.25, 0.3) is 11.0 Å². The number of furan rings is 1. The second-order valence-corrected chi connectivity index (χ2v) is 6.50. The molecule has 0 radical (unpaired) electrons. The van der Waals surface area contributed by atoms with Crippen LogP contribution in [0.2, 0.25) is 0 Å². The van der Waals surface area contributed by atoms with Crippen LogP contribution in [0.4, 0.5) is 5.88 Å². The molecule has 1 aliphatic carbocycles. The van der Waals surface area contributed by atoms with Crippen molar-refractivity contribution in [2.45, 2.75) is 24.9 Å². The van der Waals surface area contributed by atoms with E-state index < -0.39 is 0 Å². The summed E-state index contributed by atoms with van der Waals surface area (Å²) in [5, 5.41) is 7.48. The monoisotopic (exact) mass is 300 g/mol. The first-order chi connectivity index (χ1) is 10.6. The van der Waals surface area contributed by atoms with Crippen LogP contribution in [0, 0.1) is 5.92 Å². The summed E-state index contributed by atoms with van der Waals surface area (Å²) in [5.41, 5.74) is 1.11. The molecule has 3 atom stereocenters. The van der Waals surface area contributed by atoms with Crippen molar-refractivity contribution in [1.29, 1.82) is 0 Å². The number of nitrogens with zero attached hydrogens (tertiary/aromatic N) is 2. The molecule has 1 saturated carbocycles.